The van der Waals surface area contributed by atoms with Crippen LogP contribution in [0.5, 0.6) is 0 Å². The van der Waals surface area contributed by atoms with Crippen molar-refractivity contribution in [1.29, 1.82) is 0 Å². The SMILES string of the molecule is CC(C)(C)CC1CN=C(NC2CCC2)S1. The summed E-state index contributed by atoms with van der Waals surface area (Å²) in [6.07, 6.45) is 5.32. The van der Waals surface area contributed by atoms with Crippen LogP contribution in [0.2, 0.25) is 0 Å². The van der Waals surface area contributed by atoms with Gasteiger partial charge in [0.2, 0.25) is 0 Å². The van der Waals surface area contributed by atoms with Crippen LogP contribution in [0.15, 0.2) is 4.99 Å². The van der Waals surface area contributed by atoms with Gasteiger partial charge in [0.05, 0.1) is 6.54 Å². The molecular formula is C12H22N2S. The molecule has 0 aromatic rings. The summed E-state index contributed by atoms with van der Waals surface area (Å²) in [5, 5.41) is 5.45. The van der Waals surface area contributed by atoms with Gasteiger partial charge < -0.3 is 5.32 Å². The topological polar surface area (TPSA) is 24.4 Å². The fourth-order valence-corrected chi connectivity index (χ4v) is 3.45. The first-order chi connectivity index (χ1) is 7.03. The van der Waals surface area contributed by atoms with Crippen molar-refractivity contribution in [2.24, 2.45) is 10.4 Å². The lowest BCUT2D eigenvalue weighted by Gasteiger charge is -2.27. The molecule has 2 aliphatic rings. The van der Waals surface area contributed by atoms with Crippen molar-refractivity contribution in [1.82, 2.24) is 5.32 Å². The normalized spacial score (nSPS) is 27.4. The molecule has 1 aliphatic heterocycles. The molecule has 0 spiro atoms. The molecule has 1 atom stereocenters. The Morgan fingerprint density at radius 3 is 2.67 bits per heavy atom. The molecule has 3 heteroatoms. The molecule has 0 amide bonds. The first kappa shape index (κ1) is 11.3. The summed E-state index contributed by atoms with van der Waals surface area (Å²) in [7, 11) is 0. The minimum absolute atomic E-state index is 0.430. The lowest BCUT2D eigenvalue weighted by molar-refractivity contribution is 0.375. The zero-order valence-corrected chi connectivity index (χ0v) is 10.9. The van der Waals surface area contributed by atoms with Gasteiger partial charge in [0.1, 0.15) is 0 Å². The zero-order valence-electron chi connectivity index (χ0n) is 10.0. The molecule has 2 rings (SSSR count). The molecule has 0 aromatic heterocycles. The molecule has 1 fully saturated rings. The Morgan fingerprint density at radius 2 is 2.13 bits per heavy atom. The maximum atomic E-state index is 4.59. The molecule has 0 bridgehead atoms. The third-order valence-corrected chi connectivity index (χ3v) is 4.11. The summed E-state index contributed by atoms with van der Waals surface area (Å²) in [6.45, 7) is 7.94. The van der Waals surface area contributed by atoms with Gasteiger partial charge in [-0.1, -0.05) is 32.5 Å². The lowest BCUT2D eigenvalue weighted by Crippen LogP contribution is -2.37. The minimum atomic E-state index is 0.430. The van der Waals surface area contributed by atoms with Gasteiger partial charge in [-0.3, -0.25) is 4.99 Å². The van der Waals surface area contributed by atoms with Crippen molar-refractivity contribution in [2.45, 2.75) is 57.7 Å². The second-order valence-corrected chi connectivity index (χ2v) is 7.21. The highest BCUT2D eigenvalue weighted by molar-refractivity contribution is 8.14. The number of aliphatic imine (C=N–C) groups is 1. The lowest BCUT2D eigenvalue weighted by atomic mass is 9.90. The van der Waals surface area contributed by atoms with E-state index in [0.717, 1.165) is 12.6 Å². The quantitative estimate of drug-likeness (QED) is 0.782. The highest BCUT2D eigenvalue weighted by Gasteiger charge is 2.27. The summed E-state index contributed by atoms with van der Waals surface area (Å²) in [5.74, 6) is 0. The Labute approximate surface area is 97.3 Å². The summed E-state index contributed by atoms with van der Waals surface area (Å²) in [5.41, 5.74) is 0.430. The van der Waals surface area contributed by atoms with E-state index in [2.05, 4.69) is 31.1 Å². The van der Waals surface area contributed by atoms with Gasteiger partial charge in [-0.15, -0.1) is 0 Å². The average Bonchev–Trinajstić information content (AvgIpc) is 2.42. The van der Waals surface area contributed by atoms with Crippen molar-refractivity contribution in [3.8, 4) is 0 Å². The molecule has 1 heterocycles. The molecule has 1 saturated carbocycles. The van der Waals surface area contributed by atoms with E-state index in [1.54, 1.807) is 0 Å². The fraction of sp³-hybridized carbons (Fsp3) is 0.917. The molecule has 0 saturated heterocycles. The van der Waals surface area contributed by atoms with Gasteiger partial charge in [-0.2, -0.15) is 0 Å². The standard InChI is InChI=1S/C12H22N2S/c1-12(2,3)7-10-8-13-11(15-10)14-9-5-4-6-9/h9-10H,4-8H2,1-3H3,(H,13,14). The number of thioether (sulfide) groups is 1. The van der Waals surface area contributed by atoms with Gasteiger partial charge >= 0.3 is 0 Å². The predicted octanol–water partition coefficient (Wildman–Crippen LogP) is 3.04. The molecule has 1 N–H and O–H groups in total. The molecule has 15 heavy (non-hydrogen) atoms. The molecule has 86 valence electrons. The van der Waals surface area contributed by atoms with E-state index in [4.69, 9.17) is 0 Å². The summed E-state index contributed by atoms with van der Waals surface area (Å²) >= 11 is 1.95. The number of amidine groups is 1. The van der Waals surface area contributed by atoms with E-state index in [9.17, 15) is 0 Å². The average molecular weight is 226 g/mol. The number of hydrogen-bond acceptors (Lipinski definition) is 3. The van der Waals surface area contributed by atoms with E-state index in [1.165, 1.54) is 30.9 Å². The summed E-state index contributed by atoms with van der Waals surface area (Å²) in [4.78, 5) is 4.59. The largest absolute Gasteiger partial charge is 0.362 e. The second-order valence-electron chi connectivity index (χ2n) is 5.92. The van der Waals surface area contributed by atoms with Crippen LogP contribution in [0.25, 0.3) is 0 Å². The number of nitrogens with zero attached hydrogens (tertiary/aromatic N) is 1. The van der Waals surface area contributed by atoms with E-state index in [1.807, 2.05) is 11.8 Å². The third-order valence-electron chi connectivity index (χ3n) is 2.99. The van der Waals surface area contributed by atoms with Gasteiger partial charge in [0.15, 0.2) is 5.17 Å². The van der Waals surface area contributed by atoms with Crippen LogP contribution < -0.4 is 5.32 Å². The van der Waals surface area contributed by atoms with E-state index < -0.39 is 0 Å². The molecule has 1 aliphatic carbocycles. The van der Waals surface area contributed by atoms with E-state index in [0.29, 0.717) is 10.7 Å². The summed E-state index contributed by atoms with van der Waals surface area (Å²) in [6, 6.07) is 0.727. The maximum Gasteiger partial charge on any atom is 0.157 e. The van der Waals surface area contributed by atoms with Crippen LogP contribution in [-0.2, 0) is 0 Å². The molecule has 2 nitrogen and oxygen atoms in total. The highest BCUT2D eigenvalue weighted by atomic mass is 32.2. The second kappa shape index (κ2) is 4.36. The van der Waals surface area contributed by atoms with Crippen LogP contribution in [0, 0.1) is 5.41 Å². The van der Waals surface area contributed by atoms with E-state index in [-0.39, 0.29) is 0 Å². The summed E-state index contributed by atoms with van der Waals surface area (Å²) < 4.78 is 0. The molecule has 1 unspecified atom stereocenters. The van der Waals surface area contributed by atoms with Crippen molar-refractivity contribution in [2.75, 3.05) is 6.54 Å². The Balaban J connectivity index is 1.72. The van der Waals surface area contributed by atoms with Gasteiger partial charge in [-0.25, -0.2) is 0 Å². The minimum Gasteiger partial charge on any atom is -0.362 e. The van der Waals surface area contributed by atoms with Crippen LogP contribution >= 0.6 is 11.8 Å². The van der Waals surface area contributed by atoms with Crippen LogP contribution in [0.4, 0.5) is 0 Å². The van der Waals surface area contributed by atoms with E-state index >= 15 is 0 Å². The monoisotopic (exact) mass is 226 g/mol. The van der Waals surface area contributed by atoms with Gasteiger partial charge in [0, 0.05) is 11.3 Å². The third kappa shape index (κ3) is 3.40. The number of hydrogen-bond donors (Lipinski definition) is 1. The van der Waals surface area contributed by atoms with Crippen molar-refractivity contribution < 1.29 is 0 Å². The van der Waals surface area contributed by atoms with Crippen molar-refractivity contribution in [3.63, 3.8) is 0 Å². The Morgan fingerprint density at radius 1 is 1.40 bits per heavy atom. The number of nitrogens with one attached hydrogen (secondary N) is 1. The Bertz CT molecular complexity index is 251. The smallest absolute Gasteiger partial charge is 0.157 e. The maximum absolute atomic E-state index is 4.59. The van der Waals surface area contributed by atoms with Crippen LogP contribution in [0.1, 0.15) is 46.5 Å². The fourth-order valence-electron chi connectivity index (χ4n) is 2.01. The van der Waals surface area contributed by atoms with Crippen molar-refractivity contribution >= 4 is 16.9 Å². The zero-order chi connectivity index (χ0) is 10.9. The first-order valence-electron chi connectivity index (χ1n) is 6.00. The van der Waals surface area contributed by atoms with Crippen molar-refractivity contribution in [3.05, 3.63) is 0 Å². The van der Waals surface area contributed by atoms with Crippen LogP contribution in [-0.4, -0.2) is 23.0 Å². The Hall–Kier alpha value is -0.180. The number of rotatable bonds is 2. The van der Waals surface area contributed by atoms with Gasteiger partial charge in [-0.05, 0) is 31.1 Å². The van der Waals surface area contributed by atoms with Gasteiger partial charge in [0.25, 0.3) is 0 Å². The predicted molar refractivity (Wildman–Crippen MR) is 68.5 cm³/mol. The highest BCUT2D eigenvalue weighted by Crippen LogP contribution is 2.32. The van der Waals surface area contributed by atoms with Crippen LogP contribution in [0.3, 0.4) is 0 Å². The molecular weight excluding hydrogens is 204 g/mol. The molecule has 0 aromatic carbocycles. The Kier molecular flexibility index (Phi) is 3.29. The molecule has 0 radical (unpaired) electrons. The first-order valence-corrected chi connectivity index (χ1v) is 6.88.